The smallest absolute Gasteiger partial charge is 0.214 e. The van der Waals surface area contributed by atoms with Crippen LogP contribution in [0, 0.1) is 23.5 Å². The molecule has 5 nitrogen and oxygen atoms in total. The van der Waals surface area contributed by atoms with Gasteiger partial charge in [0, 0.05) is 23.9 Å². The van der Waals surface area contributed by atoms with Gasteiger partial charge in [-0.2, -0.15) is 0 Å². The third-order valence-electron chi connectivity index (χ3n) is 5.70. The summed E-state index contributed by atoms with van der Waals surface area (Å²) in [6.45, 7) is 0.238. The molecule has 0 radical (unpaired) electrons. The number of ether oxygens (including phenoxy) is 1. The van der Waals surface area contributed by atoms with E-state index in [0.717, 1.165) is 12.1 Å². The summed E-state index contributed by atoms with van der Waals surface area (Å²) in [4.78, 5) is 0. The first-order chi connectivity index (χ1) is 11.9. The summed E-state index contributed by atoms with van der Waals surface area (Å²) in [5.74, 6) is -2.07. The van der Waals surface area contributed by atoms with Gasteiger partial charge in [0.1, 0.15) is 5.82 Å². The Morgan fingerprint density at radius 1 is 1.16 bits per heavy atom. The number of hydrogen-bond donors (Lipinski definition) is 2. The van der Waals surface area contributed by atoms with Gasteiger partial charge in [-0.15, -0.1) is 0 Å². The first kappa shape index (κ1) is 17.2. The van der Waals surface area contributed by atoms with Gasteiger partial charge in [0.15, 0.2) is 11.6 Å². The van der Waals surface area contributed by atoms with E-state index in [1.54, 1.807) is 0 Å². The monoisotopic (exact) mass is 373 g/mol. The fourth-order valence-electron chi connectivity index (χ4n) is 4.18. The van der Waals surface area contributed by atoms with Crippen LogP contribution in [0.1, 0.15) is 37.2 Å². The number of sulfonamides is 1. The normalized spacial score (nSPS) is 31.8. The van der Waals surface area contributed by atoms with Gasteiger partial charge in [-0.05, 0) is 43.7 Å². The molecule has 1 aromatic carbocycles. The minimum Gasteiger partial charge on any atom is -0.490 e. The molecule has 0 saturated heterocycles. The standard InChI is InChI=1S/C17H21F2NO4S/c18-13-4-5-14(19)17-16(13)10-3-6-15(21)11(12(10)8-24-17)7-20-25(22,23)9-1-2-9/h4-5,9-12,15,20-21H,1-3,6-8H2/t10?,11?,12-,15-/m1/s1. The average Bonchev–Trinajstić information content (AvgIpc) is 3.42. The van der Waals surface area contributed by atoms with E-state index in [1.165, 1.54) is 0 Å². The lowest BCUT2D eigenvalue weighted by molar-refractivity contribution is -0.00489. The minimum atomic E-state index is -3.36. The van der Waals surface area contributed by atoms with Crippen molar-refractivity contribution in [2.75, 3.05) is 13.2 Å². The Labute approximate surface area is 145 Å². The highest BCUT2D eigenvalue weighted by Crippen LogP contribution is 2.49. The second kappa shape index (κ2) is 6.17. The molecule has 2 unspecified atom stereocenters. The molecule has 1 heterocycles. The van der Waals surface area contributed by atoms with Crippen LogP contribution in [0.4, 0.5) is 8.78 Å². The van der Waals surface area contributed by atoms with E-state index in [1.807, 2.05) is 0 Å². The number of aliphatic hydroxyl groups excluding tert-OH is 1. The molecule has 1 aromatic rings. The molecule has 2 N–H and O–H groups in total. The molecular formula is C17H21F2NO4S. The van der Waals surface area contributed by atoms with E-state index in [9.17, 15) is 22.3 Å². The molecule has 0 aromatic heterocycles. The molecule has 138 valence electrons. The molecule has 4 atom stereocenters. The number of fused-ring (bicyclic) bond motifs is 3. The number of benzene rings is 1. The summed E-state index contributed by atoms with van der Waals surface area (Å²) >= 11 is 0. The molecule has 8 heteroatoms. The number of aliphatic hydroxyl groups is 1. The molecule has 0 bridgehead atoms. The van der Waals surface area contributed by atoms with Crippen LogP contribution in [-0.4, -0.2) is 38.0 Å². The fraction of sp³-hybridized carbons (Fsp3) is 0.647. The van der Waals surface area contributed by atoms with E-state index in [4.69, 9.17) is 4.74 Å². The lowest BCUT2D eigenvalue weighted by Crippen LogP contribution is -2.48. The highest BCUT2D eigenvalue weighted by Gasteiger charge is 2.45. The van der Waals surface area contributed by atoms with E-state index < -0.39 is 27.8 Å². The molecule has 1 aliphatic heterocycles. The maximum absolute atomic E-state index is 14.3. The summed E-state index contributed by atoms with van der Waals surface area (Å²) < 4.78 is 60.5. The van der Waals surface area contributed by atoms with Gasteiger partial charge < -0.3 is 9.84 Å². The zero-order chi connectivity index (χ0) is 17.8. The van der Waals surface area contributed by atoms with Crippen molar-refractivity contribution in [3.05, 3.63) is 29.3 Å². The first-order valence-electron chi connectivity index (χ1n) is 8.65. The van der Waals surface area contributed by atoms with Crippen molar-refractivity contribution in [2.45, 2.75) is 43.0 Å². The third kappa shape index (κ3) is 3.04. The van der Waals surface area contributed by atoms with Gasteiger partial charge in [-0.3, -0.25) is 0 Å². The van der Waals surface area contributed by atoms with Crippen molar-refractivity contribution >= 4 is 10.0 Å². The number of halogens is 2. The largest absolute Gasteiger partial charge is 0.490 e. The van der Waals surface area contributed by atoms with Crippen molar-refractivity contribution in [3.8, 4) is 5.75 Å². The molecule has 2 fully saturated rings. The van der Waals surface area contributed by atoms with Crippen molar-refractivity contribution in [1.29, 1.82) is 0 Å². The summed E-state index contributed by atoms with van der Waals surface area (Å²) in [5, 5.41) is 10.0. The zero-order valence-electron chi connectivity index (χ0n) is 13.6. The van der Waals surface area contributed by atoms with Crippen LogP contribution >= 0.6 is 0 Å². The third-order valence-corrected chi connectivity index (χ3v) is 7.62. The van der Waals surface area contributed by atoms with Crippen LogP contribution < -0.4 is 9.46 Å². The fourth-order valence-corrected chi connectivity index (χ4v) is 5.59. The molecule has 0 spiro atoms. The highest BCUT2D eigenvalue weighted by molar-refractivity contribution is 7.90. The van der Waals surface area contributed by atoms with Crippen LogP contribution in [-0.2, 0) is 10.0 Å². The molecule has 4 rings (SSSR count). The molecular weight excluding hydrogens is 352 g/mol. The van der Waals surface area contributed by atoms with E-state index in [0.29, 0.717) is 25.7 Å². The van der Waals surface area contributed by atoms with E-state index in [2.05, 4.69) is 4.72 Å². The molecule has 2 aliphatic carbocycles. The van der Waals surface area contributed by atoms with Crippen molar-refractivity contribution in [2.24, 2.45) is 11.8 Å². The Balaban J connectivity index is 1.58. The Bertz CT molecular complexity index is 781. The van der Waals surface area contributed by atoms with Gasteiger partial charge in [0.25, 0.3) is 0 Å². The van der Waals surface area contributed by atoms with Crippen LogP contribution in [0.25, 0.3) is 0 Å². The SMILES string of the molecule is O=S(=O)(NCC1[C@@H]2COc3c(F)ccc(F)c3C2CC[C@H]1O)C1CC1. The minimum absolute atomic E-state index is 0.0463. The zero-order valence-corrected chi connectivity index (χ0v) is 14.4. The van der Waals surface area contributed by atoms with Gasteiger partial charge in [-0.1, -0.05) is 0 Å². The Morgan fingerprint density at radius 2 is 1.88 bits per heavy atom. The van der Waals surface area contributed by atoms with Gasteiger partial charge in [-0.25, -0.2) is 21.9 Å². The summed E-state index contributed by atoms with van der Waals surface area (Å²) in [7, 11) is -3.36. The number of nitrogens with one attached hydrogen (secondary N) is 1. The van der Waals surface area contributed by atoms with E-state index >= 15 is 0 Å². The molecule has 0 amide bonds. The van der Waals surface area contributed by atoms with Crippen LogP contribution in [0.2, 0.25) is 0 Å². The maximum atomic E-state index is 14.3. The second-order valence-electron chi connectivity index (χ2n) is 7.25. The molecule has 25 heavy (non-hydrogen) atoms. The summed E-state index contributed by atoms with van der Waals surface area (Å²) in [5.41, 5.74) is 0.221. The maximum Gasteiger partial charge on any atom is 0.214 e. The quantitative estimate of drug-likeness (QED) is 0.845. The van der Waals surface area contributed by atoms with Gasteiger partial charge in [0.05, 0.1) is 18.0 Å². The molecule has 3 aliphatic rings. The van der Waals surface area contributed by atoms with Crippen LogP contribution in [0.3, 0.4) is 0 Å². The van der Waals surface area contributed by atoms with Crippen molar-refractivity contribution < 1.29 is 27.0 Å². The van der Waals surface area contributed by atoms with Gasteiger partial charge in [0.2, 0.25) is 10.0 Å². The first-order valence-corrected chi connectivity index (χ1v) is 10.2. The number of rotatable bonds is 4. The van der Waals surface area contributed by atoms with Crippen LogP contribution in [0.5, 0.6) is 5.75 Å². The summed E-state index contributed by atoms with van der Waals surface area (Å²) in [6, 6.07) is 2.14. The predicted molar refractivity (Wildman–Crippen MR) is 86.8 cm³/mol. The predicted octanol–water partition coefficient (Wildman–Crippen LogP) is 1.91. The van der Waals surface area contributed by atoms with Crippen molar-refractivity contribution in [3.63, 3.8) is 0 Å². The lowest BCUT2D eigenvalue weighted by atomic mass is 9.67. The Hall–Kier alpha value is -1.25. The number of hydrogen-bond acceptors (Lipinski definition) is 4. The highest BCUT2D eigenvalue weighted by atomic mass is 32.2. The summed E-state index contributed by atoms with van der Waals surface area (Å²) in [6.07, 6.45) is 1.58. The lowest BCUT2D eigenvalue weighted by Gasteiger charge is -2.44. The second-order valence-corrected chi connectivity index (χ2v) is 9.30. The van der Waals surface area contributed by atoms with Gasteiger partial charge >= 0.3 is 0 Å². The van der Waals surface area contributed by atoms with Crippen LogP contribution in [0.15, 0.2) is 12.1 Å². The Kier molecular flexibility index (Phi) is 4.24. The molecule has 2 saturated carbocycles. The van der Waals surface area contributed by atoms with Crippen molar-refractivity contribution in [1.82, 2.24) is 4.72 Å². The Morgan fingerprint density at radius 3 is 2.60 bits per heavy atom. The average molecular weight is 373 g/mol. The topological polar surface area (TPSA) is 75.6 Å². The van der Waals surface area contributed by atoms with E-state index in [-0.39, 0.29) is 47.5 Å².